The molecule has 13 rings (SSSR count). The molecule has 7 aromatic carbocycles. The summed E-state index contributed by atoms with van der Waals surface area (Å²) in [5.41, 5.74) is -49.0. The van der Waals surface area contributed by atoms with Crippen molar-refractivity contribution in [1.82, 2.24) is 29.9 Å². The van der Waals surface area contributed by atoms with Gasteiger partial charge >= 0.3 is 74.1 Å². The Hall–Kier alpha value is -8.91. The molecule has 0 spiro atoms. The first-order chi connectivity index (χ1) is 50.5. The van der Waals surface area contributed by atoms with E-state index >= 15 is 0 Å². The van der Waals surface area contributed by atoms with Gasteiger partial charge in [0.1, 0.15) is 33.1 Å². The van der Waals surface area contributed by atoms with Gasteiger partial charge in [-0.15, -0.1) is 35.3 Å². The monoisotopic (exact) mass is 1680 g/mol. The molecule has 6 unspecified atom stereocenters. The first-order valence-corrected chi connectivity index (χ1v) is 32.8. The molecule has 111 heavy (non-hydrogen) atoms. The lowest BCUT2D eigenvalue weighted by Crippen LogP contribution is -2.14. The van der Waals surface area contributed by atoms with Gasteiger partial charge in [-0.3, -0.25) is 0 Å². The SMILES string of the molecule is FC(F)(F)c1cc(C2SC(c3cc(C(F)(F)F)cc(C(F)(F)F)c3)c3nc4c(nc32)c2nc3c(nc2c2nc5c(nc42)C(c2cc(C(F)(F)F)cc(C(F)(F)F)c2)SC5c2cc(C(F)(F)F)cc(C(F)(F)F)c2)C(c2cc(C(F)(F)F)cc(C(F)(F)F)c2)SC3c2cc(C(F)(F)F)cc(C(F)(F)F)c2)cc(C(F)(F)F)c1. The van der Waals surface area contributed by atoms with Crippen molar-refractivity contribution >= 4 is 68.4 Å². The van der Waals surface area contributed by atoms with Crippen LogP contribution in [0.3, 0.4) is 0 Å². The van der Waals surface area contributed by atoms with Gasteiger partial charge in [0.2, 0.25) is 0 Å². The largest absolute Gasteiger partial charge is 0.416 e. The highest BCUT2D eigenvalue weighted by Crippen LogP contribution is 2.63. The van der Waals surface area contributed by atoms with Gasteiger partial charge in [0.15, 0.2) is 0 Å². The molecule has 0 radical (unpaired) electrons. The van der Waals surface area contributed by atoms with Gasteiger partial charge in [-0.2, -0.15) is 158 Å². The number of halogens is 36. The van der Waals surface area contributed by atoms with E-state index < -0.39 is 309 Å². The Balaban J connectivity index is 1.24. The van der Waals surface area contributed by atoms with Crippen LogP contribution >= 0.6 is 35.3 Å². The fraction of sp³-hybridized carbons (Fsp3) is 0.273. The lowest BCUT2D eigenvalue weighted by Gasteiger charge is -2.19. The standard InChI is InChI=1S/C66H24F36N6S3/c67-55(68,69)25-1-19(2-26(13-25)56(70,71)72)49-43-44(50(109-49)20-3-27(57(73,74)75)14-28(4-20)58(76,77)78)104-38-37(103-43)39-41(107-46-45(105-39)51(21-5-29(59(79,80)81)15-30(6-21)60(82,83)84)110-52(46)22-7-31(61(85,86)87)16-32(8-22)62(88,89)90)42-40(38)106-47-48(108-42)54(24-11-35(65(97,98)99)18-36(12-24)66(100,101)102)111-53(47)23-9-33(63(91,92)93)17-34(10-23)64(94,95)96/h1-18,49-54H. The van der Waals surface area contributed by atoms with Crippen LogP contribution in [0.15, 0.2) is 109 Å². The number of alkyl halides is 36. The van der Waals surface area contributed by atoms with Crippen molar-refractivity contribution in [2.24, 2.45) is 0 Å². The van der Waals surface area contributed by atoms with E-state index in [9.17, 15) is 158 Å². The topological polar surface area (TPSA) is 77.3 Å². The average Bonchev–Trinajstić information content (AvgIpc) is 1.61. The summed E-state index contributed by atoms with van der Waals surface area (Å²) in [5.74, 6) is 0. The number of aromatic nitrogens is 6. The molecule has 3 aliphatic rings. The fourth-order valence-corrected chi connectivity index (χ4v) is 16.9. The van der Waals surface area contributed by atoms with Crippen LogP contribution in [-0.2, 0) is 74.1 Å². The molecular weight excluding hydrogens is 1660 g/mol. The second-order valence-corrected chi connectivity index (χ2v) is 28.4. The third-order valence-corrected chi connectivity index (χ3v) is 21.9. The fourth-order valence-electron chi connectivity index (χ4n) is 12.5. The van der Waals surface area contributed by atoms with E-state index in [-0.39, 0.29) is 108 Å². The van der Waals surface area contributed by atoms with Gasteiger partial charge in [0.25, 0.3) is 0 Å². The Bertz CT molecular complexity index is 4380. The molecule has 3 aromatic heterocycles. The molecule has 6 heterocycles. The van der Waals surface area contributed by atoms with Gasteiger partial charge < -0.3 is 0 Å². The number of benzene rings is 7. The molecule has 0 bridgehead atoms. The Kier molecular flexibility index (Phi) is 18.6. The van der Waals surface area contributed by atoms with Crippen LogP contribution in [0.5, 0.6) is 0 Å². The van der Waals surface area contributed by atoms with E-state index in [2.05, 4.69) is 29.9 Å². The Morgan fingerprint density at radius 2 is 0.243 bits per heavy atom. The lowest BCUT2D eigenvalue weighted by atomic mass is 9.96. The lowest BCUT2D eigenvalue weighted by molar-refractivity contribution is -0.144. The van der Waals surface area contributed by atoms with E-state index in [1.54, 1.807) is 0 Å². The van der Waals surface area contributed by atoms with Crippen molar-refractivity contribution in [2.75, 3.05) is 0 Å². The molecule has 3 aliphatic heterocycles. The zero-order valence-corrected chi connectivity index (χ0v) is 54.8. The predicted octanol–water partition coefficient (Wildman–Crippen LogP) is 25.5. The first-order valence-electron chi connectivity index (χ1n) is 30.0. The maximum Gasteiger partial charge on any atom is 0.416 e. The maximum atomic E-state index is 14.8. The summed E-state index contributed by atoms with van der Waals surface area (Å²) in [7, 11) is 0. The third kappa shape index (κ3) is 15.3. The van der Waals surface area contributed by atoms with Gasteiger partial charge in [-0.05, 0) is 143 Å². The van der Waals surface area contributed by atoms with E-state index in [1.807, 2.05) is 0 Å². The molecular formula is C66H24F36N6S3. The van der Waals surface area contributed by atoms with Crippen molar-refractivity contribution in [1.29, 1.82) is 0 Å². The van der Waals surface area contributed by atoms with Crippen LogP contribution in [0.1, 0.15) is 166 Å². The van der Waals surface area contributed by atoms with Crippen LogP contribution in [0.2, 0.25) is 0 Å². The van der Waals surface area contributed by atoms with E-state index in [1.165, 1.54) is 0 Å². The van der Waals surface area contributed by atoms with E-state index in [4.69, 9.17) is 0 Å². The van der Waals surface area contributed by atoms with Crippen LogP contribution < -0.4 is 0 Å². The van der Waals surface area contributed by atoms with Gasteiger partial charge in [-0.25, -0.2) is 29.9 Å². The van der Waals surface area contributed by atoms with E-state index in [0.717, 1.165) is 0 Å². The summed E-state index contributed by atoms with van der Waals surface area (Å²) in [4.78, 5) is 26.1. The zero-order valence-electron chi connectivity index (χ0n) is 52.4. The molecule has 0 N–H and O–H groups in total. The maximum absolute atomic E-state index is 14.8. The van der Waals surface area contributed by atoms with Gasteiger partial charge in [0.05, 0.1) is 132 Å². The quantitative estimate of drug-likeness (QED) is 0.119. The second kappa shape index (κ2) is 25.8. The molecule has 6 atom stereocenters. The summed E-state index contributed by atoms with van der Waals surface area (Å²) < 4.78 is 532. The summed E-state index contributed by atoms with van der Waals surface area (Å²) in [5, 5.41) is -14.9. The summed E-state index contributed by atoms with van der Waals surface area (Å²) in [6.45, 7) is 0. The predicted molar refractivity (Wildman–Crippen MR) is 318 cm³/mol. The normalized spacial score (nSPS) is 19.2. The molecule has 0 saturated heterocycles. The molecule has 6 nitrogen and oxygen atoms in total. The Morgan fingerprint density at radius 3 is 0.324 bits per heavy atom. The highest BCUT2D eigenvalue weighted by Gasteiger charge is 2.51. The molecule has 0 amide bonds. The number of rotatable bonds is 6. The first kappa shape index (κ1) is 80.2. The number of hydrogen-bond donors (Lipinski definition) is 0. The molecule has 588 valence electrons. The average molecular weight is 1680 g/mol. The van der Waals surface area contributed by atoms with Crippen LogP contribution in [-0.4, -0.2) is 29.9 Å². The highest BCUT2D eigenvalue weighted by atomic mass is 32.2. The minimum Gasteiger partial charge on any atom is -0.245 e. The minimum absolute atomic E-state index is 0.0589. The molecule has 0 fully saturated rings. The van der Waals surface area contributed by atoms with Crippen LogP contribution in [0.4, 0.5) is 158 Å². The summed E-state index contributed by atoms with van der Waals surface area (Å²) >= 11 is -0.483. The van der Waals surface area contributed by atoms with Gasteiger partial charge in [-0.1, -0.05) is 0 Å². The van der Waals surface area contributed by atoms with Crippen molar-refractivity contribution in [3.8, 4) is 0 Å². The number of fused-ring (bicyclic) bond motifs is 9. The highest BCUT2D eigenvalue weighted by molar-refractivity contribution is 8.01. The molecule has 45 heteroatoms. The van der Waals surface area contributed by atoms with Crippen LogP contribution in [0.25, 0.3) is 33.1 Å². The summed E-state index contributed by atoms with van der Waals surface area (Å²) in [6, 6.07) is -3.64. The molecule has 0 saturated carbocycles. The van der Waals surface area contributed by atoms with Crippen molar-refractivity contribution in [3.05, 3.63) is 244 Å². The Labute approximate surface area is 603 Å². The third-order valence-electron chi connectivity index (χ3n) is 17.3. The van der Waals surface area contributed by atoms with Crippen LogP contribution in [0, 0.1) is 0 Å². The second-order valence-electron chi connectivity index (χ2n) is 24.8. The van der Waals surface area contributed by atoms with E-state index in [0.29, 0.717) is 0 Å². The minimum atomic E-state index is -5.82. The molecule has 10 aromatic rings. The van der Waals surface area contributed by atoms with Crippen molar-refractivity contribution in [3.63, 3.8) is 0 Å². The smallest absolute Gasteiger partial charge is 0.245 e. The number of hydrogen-bond acceptors (Lipinski definition) is 9. The number of thioether (sulfide) groups is 3. The zero-order chi connectivity index (χ0) is 81.9. The van der Waals surface area contributed by atoms with Crippen molar-refractivity contribution < 1.29 is 158 Å². The Morgan fingerprint density at radius 1 is 0.153 bits per heavy atom. The molecule has 0 aliphatic carbocycles. The van der Waals surface area contributed by atoms with Gasteiger partial charge in [0, 0.05) is 0 Å². The van der Waals surface area contributed by atoms with Crippen molar-refractivity contribution in [2.45, 2.75) is 106 Å². The summed E-state index contributed by atoms with van der Waals surface area (Å²) in [6.07, 6.45) is -69.9. The number of nitrogens with zero attached hydrogens (tertiary/aromatic N) is 6.